The van der Waals surface area contributed by atoms with Crippen LogP contribution in [0.15, 0.2) is 35.7 Å². The van der Waals surface area contributed by atoms with Crippen LogP contribution in [-0.2, 0) is 6.54 Å². The molecular weight excluding hydrogens is 250 g/mol. The summed E-state index contributed by atoms with van der Waals surface area (Å²) in [5, 5.41) is 14.1. The fourth-order valence-electron chi connectivity index (χ4n) is 1.54. The Hall–Kier alpha value is -2.01. The summed E-state index contributed by atoms with van der Waals surface area (Å²) in [5.41, 5.74) is 0.682. The molecule has 1 heterocycles. The number of amides is 1. The zero-order valence-corrected chi connectivity index (χ0v) is 10.7. The van der Waals surface area contributed by atoms with E-state index in [1.54, 1.807) is 29.6 Å². The molecule has 0 aliphatic heterocycles. The molecule has 94 valence electrons. The Kier molecular flexibility index (Phi) is 3.84. The number of thiophene rings is 1. The van der Waals surface area contributed by atoms with Gasteiger partial charge in [-0.25, -0.2) is 0 Å². The lowest BCUT2D eigenvalue weighted by Crippen LogP contribution is -2.22. The highest BCUT2D eigenvalue weighted by atomic mass is 32.1. The van der Waals surface area contributed by atoms with Gasteiger partial charge in [-0.05, 0) is 17.5 Å². The molecule has 0 bridgehead atoms. The first-order chi connectivity index (χ1) is 8.72. The summed E-state index contributed by atoms with van der Waals surface area (Å²) in [6.45, 7) is 0.284. The number of nitrogens with one attached hydrogen (secondary N) is 1. The van der Waals surface area contributed by atoms with Crippen LogP contribution in [0.5, 0.6) is 11.5 Å². The molecule has 1 amide bonds. The van der Waals surface area contributed by atoms with Gasteiger partial charge in [0, 0.05) is 12.1 Å². The van der Waals surface area contributed by atoms with Gasteiger partial charge in [-0.15, -0.1) is 11.3 Å². The number of carbonyl (C=O) groups excluding carboxylic acids is 1. The molecule has 18 heavy (non-hydrogen) atoms. The van der Waals surface area contributed by atoms with Crippen LogP contribution in [0.4, 0.5) is 0 Å². The van der Waals surface area contributed by atoms with Crippen LogP contribution in [0.25, 0.3) is 0 Å². The predicted molar refractivity (Wildman–Crippen MR) is 70.1 cm³/mol. The van der Waals surface area contributed by atoms with E-state index in [1.165, 1.54) is 18.4 Å². The van der Waals surface area contributed by atoms with Crippen molar-refractivity contribution < 1.29 is 14.6 Å². The van der Waals surface area contributed by atoms with Gasteiger partial charge >= 0.3 is 0 Å². The van der Waals surface area contributed by atoms with E-state index in [-0.39, 0.29) is 18.2 Å². The largest absolute Gasteiger partial charge is 0.508 e. The molecule has 0 saturated heterocycles. The van der Waals surface area contributed by atoms with Crippen molar-refractivity contribution in [3.8, 4) is 11.5 Å². The Bertz CT molecular complexity index is 551. The summed E-state index contributed by atoms with van der Waals surface area (Å²) in [6, 6.07) is 8.66. The van der Waals surface area contributed by atoms with Crippen molar-refractivity contribution in [2.45, 2.75) is 6.54 Å². The van der Waals surface area contributed by atoms with Crippen LogP contribution in [0.3, 0.4) is 0 Å². The topological polar surface area (TPSA) is 58.6 Å². The quantitative estimate of drug-likeness (QED) is 0.890. The minimum absolute atomic E-state index is 0.177. The standard InChI is InChI=1S/C13H13NO3S/c1-17-11-6-7-18-12(11)13(16)14-8-9-4-2-3-5-10(9)15/h2-7,15H,8H2,1H3,(H,14,16). The number of phenolic OH excluding ortho intramolecular Hbond substituents is 1. The molecule has 0 radical (unpaired) electrons. The second-order valence-electron chi connectivity index (χ2n) is 3.63. The molecule has 0 fully saturated rings. The Morgan fingerprint density at radius 3 is 2.89 bits per heavy atom. The molecule has 4 nitrogen and oxygen atoms in total. The number of ether oxygens (including phenoxy) is 1. The maximum absolute atomic E-state index is 11.9. The molecular formula is C13H13NO3S. The van der Waals surface area contributed by atoms with Crippen molar-refractivity contribution in [2.24, 2.45) is 0 Å². The number of hydrogen-bond acceptors (Lipinski definition) is 4. The van der Waals surface area contributed by atoms with Crippen molar-refractivity contribution in [1.82, 2.24) is 5.32 Å². The highest BCUT2D eigenvalue weighted by Crippen LogP contribution is 2.24. The van der Waals surface area contributed by atoms with Crippen LogP contribution < -0.4 is 10.1 Å². The molecule has 0 aliphatic rings. The van der Waals surface area contributed by atoms with Gasteiger partial charge in [0.05, 0.1) is 7.11 Å². The molecule has 0 unspecified atom stereocenters. The predicted octanol–water partition coefficient (Wildman–Crippen LogP) is 2.39. The average Bonchev–Trinajstić information content (AvgIpc) is 2.86. The molecule has 0 atom stereocenters. The lowest BCUT2D eigenvalue weighted by molar-refractivity contribution is 0.0952. The zero-order chi connectivity index (χ0) is 13.0. The number of rotatable bonds is 4. The van der Waals surface area contributed by atoms with Gasteiger partial charge in [0.25, 0.3) is 5.91 Å². The number of hydrogen-bond donors (Lipinski definition) is 2. The summed E-state index contributed by atoms with van der Waals surface area (Å²) >= 11 is 1.32. The van der Waals surface area contributed by atoms with Crippen molar-refractivity contribution in [3.05, 3.63) is 46.2 Å². The molecule has 0 aliphatic carbocycles. The molecule has 0 spiro atoms. The van der Waals surface area contributed by atoms with Crippen LogP contribution in [-0.4, -0.2) is 18.1 Å². The minimum atomic E-state index is -0.204. The van der Waals surface area contributed by atoms with Gasteiger partial charge in [-0.1, -0.05) is 18.2 Å². The van der Waals surface area contributed by atoms with Gasteiger partial charge in [-0.2, -0.15) is 0 Å². The van der Waals surface area contributed by atoms with Gasteiger partial charge in [0.2, 0.25) is 0 Å². The van der Waals surface area contributed by atoms with Gasteiger partial charge < -0.3 is 15.2 Å². The number of phenols is 1. The fraction of sp³-hybridized carbons (Fsp3) is 0.154. The van der Waals surface area contributed by atoms with Crippen molar-refractivity contribution in [3.63, 3.8) is 0 Å². The third-order valence-corrected chi connectivity index (χ3v) is 3.38. The number of aromatic hydroxyl groups is 1. The first-order valence-corrected chi connectivity index (χ1v) is 6.27. The average molecular weight is 263 g/mol. The first kappa shape index (κ1) is 12.4. The second kappa shape index (κ2) is 5.55. The second-order valence-corrected chi connectivity index (χ2v) is 4.55. The minimum Gasteiger partial charge on any atom is -0.508 e. The van der Waals surface area contributed by atoms with Crippen molar-refractivity contribution in [2.75, 3.05) is 7.11 Å². The lowest BCUT2D eigenvalue weighted by atomic mass is 10.2. The van der Waals surface area contributed by atoms with Gasteiger partial charge in [0.1, 0.15) is 16.4 Å². The number of methoxy groups -OCH3 is 1. The number of para-hydroxylation sites is 1. The molecule has 5 heteroatoms. The van der Waals surface area contributed by atoms with E-state index in [4.69, 9.17) is 4.74 Å². The summed E-state index contributed by atoms with van der Waals surface area (Å²) in [6.07, 6.45) is 0. The monoisotopic (exact) mass is 263 g/mol. The molecule has 0 saturated carbocycles. The van der Waals surface area contributed by atoms with E-state index in [0.717, 1.165) is 0 Å². The maximum Gasteiger partial charge on any atom is 0.265 e. The lowest BCUT2D eigenvalue weighted by Gasteiger charge is -2.07. The summed E-state index contributed by atoms with van der Waals surface area (Å²) in [7, 11) is 1.53. The smallest absolute Gasteiger partial charge is 0.265 e. The maximum atomic E-state index is 11.9. The number of benzene rings is 1. The third kappa shape index (κ3) is 2.62. The Labute approximate surface area is 109 Å². The van der Waals surface area contributed by atoms with Crippen LogP contribution in [0, 0.1) is 0 Å². The molecule has 1 aromatic carbocycles. The highest BCUT2D eigenvalue weighted by Gasteiger charge is 2.13. The van der Waals surface area contributed by atoms with Gasteiger partial charge in [-0.3, -0.25) is 4.79 Å². The Morgan fingerprint density at radius 2 is 2.17 bits per heavy atom. The van der Waals surface area contributed by atoms with E-state index in [9.17, 15) is 9.90 Å². The molecule has 2 aromatic rings. The molecule has 2 rings (SSSR count). The SMILES string of the molecule is COc1ccsc1C(=O)NCc1ccccc1O. The Morgan fingerprint density at radius 1 is 1.39 bits per heavy atom. The first-order valence-electron chi connectivity index (χ1n) is 5.39. The summed E-state index contributed by atoms with van der Waals surface area (Å²) in [4.78, 5) is 12.4. The zero-order valence-electron chi connectivity index (χ0n) is 9.84. The summed E-state index contributed by atoms with van der Waals surface area (Å²) < 4.78 is 5.08. The Balaban J connectivity index is 2.03. The fourth-order valence-corrected chi connectivity index (χ4v) is 2.31. The van der Waals surface area contributed by atoms with Crippen LogP contribution in [0.1, 0.15) is 15.2 Å². The van der Waals surface area contributed by atoms with Crippen LogP contribution in [0.2, 0.25) is 0 Å². The normalized spacial score (nSPS) is 10.1. The van der Waals surface area contributed by atoms with Crippen LogP contribution >= 0.6 is 11.3 Å². The third-order valence-electron chi connectivity index (χ3n) is 2.49. The molecule has 1 aromatic heterocycles. The van der Waals surface area contributed by atoms with E-state index in [1.807, 2.05) is 6.07 Å². The highest BCUT2D eigenvalue weighted by molar-refractivity contribution is 7.12. The number of carbonyl (C=O) groups is 1. The van der Waals surface area contributed by atoms with E-state index >= 15 is 0 Å². The van der Waals surface area contributed by atoms with E-state index in [0.29, 0.717) is 16.2 Å². The molecule has 2 N–H and O–H groups in total. The van der Waals surface area contributed by atoms with E-state index in [2.05, 4.69) is 5.32 Å². The van der Waals surface area contributed by atoms with E-state index < -0.39 is 0 Å². The summed E-state index contributed by atoms with van der Waals surface area (Å²) in [5.74, 6) is 0.538. The van der Waals surface area contributed by atoms with Crippen molar-refractivity contribution >= 4 is 17.2 Å². The van der Waals surface area contributed by atoms with Gasteiger partial charge in [0.15, 0.2) is 0 Å². The van der Waals surface area contributed by atoms with Crippen molar-refractivity contribution in [1.29, 1.82) is 0 Å².